The zero-order valence-corrected chi connectivity index (χ0v) is 14.9. The average molecular weight is 431 g/mol. The predicted octanol–water partition coefficient (Wildman–Crippen LogP) is 3.92. The molecule has 0 fully saturated rings. The van der Waals surface area contributed by atoms with E-state index < -0.39 is 11.7 Å². The van der Waals surface area contributed by atoms with Gasteiger partial charge in [-0.3, -0.25) is 4.79 Å². The van der Waals surface area contributed by atoms with E-state index >= 15 is 0 Å². The van der Waals surface area contributed by atoms with E-state index in [-0.39, 0.29) is 35.9 Å². The van der Waals surface area contributed by atoms with Crippen LogP contribution in [0.1, 0.15) is 11.1 Å². The number of benzene rings is 2. The quantitative estimate of drug-likeness (QED) is 0.754. The Morgan fingerprint density at radius 3 is 2.65 bits per heavy atom. The molecule has 2 aromatic rings. The molecule has 0 atom stereocenters. The van der Waals surface area contributed by atoms with Crippen molar-refractivity contribution in [3.05, 3.63) is 52.0 Å². The molecule has 1 aliphatic heterocycles. The fourth-order valence-electron chi connectivity index (χ4n) is 2.35. The maximum absolute atomic E-state index is 12.9. The van der Waals surface area contributed by atoms with Crippen LogP contribution in [-0.2, 0) is 17.5 Å². The van der Waals surface area contributed by atoms with Gasteiger partial charge >= 0.3 is 6.18 Å². The molecule has 2 aromatic carbocycles. The summed E-state index contributed by atoms with van der Waals surface area (Å²) in [6.45, 7) is 0.289. The van der Waals surface area contributed by atoms with Crippen molar-refractivity contribution in [2.45, 2.75) is 12.7 Å². The first-order valence-electron chi connectivity index (χ1n) is 7.59. The molecule has 9 heteroatoms. The van der Waals surface area contributed by atoms with Crippen LogP contribution in [0.5, 0.6) is 11.5 Å². The number of carbonyl (C=O) groups excluding carboxylic acids is 1. The molecule has 0 aliphatic carbocycles. The van der Waals surface area contributed by atoms with Crippen molar-refractivity contribution >= 4 is 27.5 Å². The number of anilines is 1. The van der Waals surface area contributed by atoms with Crippen LogP contribution in [0.25, 0.3) is 0 Å². The summed E-state index contributed by atoms with van der Waals surface area (Å²) in [5, 5.41) is 5.37. The van der Waals surface area contributed by atoms with Crippen molar-refractivity contribution in [3.63, 3.8) is 0 Å². The second kappa shape index (κ2) is 7.45. The van der Waals surface area contributed by atoms with Gasteiger partial charge in [0.15, 0.2) is 11.5 Å². The first kappa shape index (κ1) is 18.4. The van der Waals surface area contributed by atoms with Gasteiger partial charge in [-0.1, -0.05) is 22.0 Å². The maximum atomic E-state index is 12.9. The molecule has 26 heavy (non-hydrogen) atoms. The van der Waals surface area contributed by atoms with Gasteiger partial charge in [-0.05, 0) is 35.9 Å². The summed E-state index contributed by atoms with van der Waals surface area (Å²) in [4.78, 5) is 11.9. The predicted molar refractivity (Wildman–Crippen MR) is 92.0 cm³/mol. The minimum Gasteiger partial charge on any atom is -0.454 e. The largest absolute Gasteiger partial charge is 0.454 e. The summed E-state index contributed by atoms with van der Waals surface area (Å²) in [5.74, 6) is 0.918. The van der Waals surface area contributed by atoms with Crippen LogP contribution in [0.15, 0.2) is 40.9 Å². The van der Waals surface area contributed by atoms with Crippen molar-refractivity contribution in [1.29, 1.82) is 0 Å². The van der Waals surface area contributed by atoms with Crippen molar-refractivity contribution < 1.29 is 27.4 Å². The first-order valence-corrected chi connectivity index (χ1v) is 8.38. The van der Waals surface area contributed by atoms with E-state index in [9.17, 15) is 18.0 Å². The molecule has 5 nitrogen and oxygen atoms in total. The molecule has 0 radical (unpaired) electrons. The average Bonchev–Trinajstić information content (AvgIpc) is 3.06. The van der Waals surface area contributed by atoms with Gasteiger partial charge in [-0.2, -0.15) is 13.2 Å². The standard InChI is InChI=1S/C17H14BrF3N2O3/c18-13-3-2-11(6-12(13)17(19,20)21)22-8-16(24)23-7-10-1-4-14-15(5-10)26-9-25-14/h1-6,22H,7-9H2,(H,23,24). The van der Waals surface area contributed by atoms with E-state index in [4.69, 9.17) is 9.47 Å². The number of hydrogen-bond donors (Lipinski definition) is 2. The molecular formula is C17H14BrF3N2O3. The molecule has 0 spiro atoms. The molecular weight excluding hydrogens is 417 g/mol. The van der Waals surface area contributed by atoms with E-state index in [0.717, 1.165) is 11.6 Å². The number of rotatable bonds is 5. The fourth-order valence-corrected chi connectivity index (χ4v) is 2.82. The van der Waals surface area contributed by atoms with Gasteiger partial charge < -0.3 is 20.1 Å². The van der Waals surface area contributed by atoms with Gasteiger partial charge in [-0.25, -0.2) is 0 Å². The molecule has 0 unspecified atom stereocenters. The zero-order valence-electron chi connectivity index (χ0n) is 13.3. The topological polar surface area (TPSA) is 59.6 Å². The van der Waals surface area contributed by atoms with Crippen LogP contribution < -0.4 is 20.1 Å². The number of amides is 1. The van der Waals surface area contributed by atoms with E-state index in [1.807, 2.05) is 0 Å². The van der Waals surface area contributed by atoms with Crippen LogP contribution in [0.3, 0.4) is 0 Å². The number of alkyl halides is 3. The highest BCUT2D eigenvalue weighted by Crippen LogP contribution is 2.36. The Morgan fingerprint density at radius 1 is 1.12 bits per heavy atom. The molecule has 3 rings (SSSR count). The second-order valence-electron chi connectivity index (χ2n) is 5.51. The molecule has 1 amide bonds. The third-order valence-corrected chi connectivity index (χ3v) is 4.34. The molecule has 0 bridgehead atoms. The van der Waals surface area contributed by atoms with E-state index in [1.54, 1.807) is 18.2 Å². The Labute approximate surface area is 155 Å². The van der Waals surface area contributed by atoms with Gasteiger partial charge in [0.25, 0.3) is 0 Å². The SMILES string of the molecule is O=C(CNc1ccc(Br)c(C(F)(F)F)c1)NCc1ccc2c(c1)OCO2. The highest BCUT2D eigenvalue weighted by Gasteiger charge is 2.33. The summed E-state index contributed by atoms with van der Waals surface area (Å²) in [7, 11) is 0. The van der Waals surface area contributed by atoms with Crippen LogP contribution >= 0.6 is 15.9 Å². The minimum atomic E-state index is -4.47. The molecule has 1 aliphatic rings. The summed E-state index contributed by atoms with van der Waals surface area (Å²) < 4.78 is 49.0. The van der Waals surface area contributed by atoms with Crippen LogP contribution in [-0.4, -0.2) is 19.2 Å². The Morgan fingerprint density at radius 2 is 1.88 bits per heavy atom. The lowest BCUT2D eigenvalue weighted by atomic mass is 10.2. The minimum absolute atomic E-state index is 0.0530. The van der Waals surface area contributed by atoms with Crippen molar-refractivity contribution in [3.8, 4) is 11.5 Å². The lowest BCUT2D eigenvalue weighted by Gasteiger charge is -2.12. The number of hydrogen-bond acceptors (Lipinski definition) is 4. The Hall–Kier alpha value is -2.42. The first-order chi connectivity index (χ1) is 12.3. The Kier molecular flexibility index (Phi) is 5.26. The lowest BCUT2D eigenvalue weighted by molar-refractivity contribution is -0.138. The summed E-state index contributed by atoms with van der Waals surface area (Å²) >= 11 is 2.87. The zero-order chi connectivity index (χ0) is 18.7. The summed E-state index contributed by atoms with van der Waals surface area (Å²) in [6.07, 6.45) is -4.47. The van der Waals surface area contributed by atoms with Gasteiger partial charge in [0.2, 0.25) is 12.7 Å². The van der Waals surface area contributed by atoms with Crippen LogP contribution in [0.2, 0.25) is 0 Å². The highest BCUT2D eigenvalue weighted by atomic mass is 79.9. The van der Waals surface area contributed by atoms with Gasteiger partial charge in [0, 0.05) is 16.7 Å². The molecule has 0 saturated carbocycles. The van der Waals surface area contributed by atoms with Gasteiger partial charge in [0.05, 0.1) is 12.1 Å². The lowest BCUT2D eigenvalue weighted by Crippen LogP contribution is -2.29. The van der Waals surface area contributed by atoms with Crippen LogP contribution in [0, 0.1) is 0 Å². The monoisotopic (exact) mass is 430 g/mol. The van der Waals surface area contributed by atoms with Crippen molar-refractivity contribution in [2.75, 3.05) is 18.7 Å². The normalized spacial score (nSPS) is 12.8. The fraction of sp³-hybridized carbons (Fsp3) is 0.235. The van der Waals surface area contributed by atoms with Crippen LogP contribution in [0.4, 0.5) is 18.9 Å². The number of halogens is 4. The maximum Gasteiger partial charge on any atom is 0.417 e. The second-order valence-corrected chi connectivity index (χ2v) is 6.36. The van der Waals surface area contributed by atoms with Crippen molar-refractivity contribution in [1.82, 2.24) is 5.32 Å². The number of ether oxygens (including phenoxy) is 2. The smallest absolute Gasteiger partial charge is 0.417 e. The molecule has 0 aromatic heterocycles. The Balaban J connectivity index is 1.53. The Bertz CT molecular complexity index is 827. The van der Waals surface area contributed by atoms with Crippen molar-refractivity contribution in [2.24, 2.45) is 0 Å². The van der Waals surface area contributed by atoms with Gasteiger partial charge in [-0.15, -0.1) is 0 Å². The van der Waals surface area contributed by atoms with E-state index in [0.29, 0.717) is 11.5 Å². The van der Waals surface area contributed by atoms with Gasteiger partial charge in [0.1, 0.15) is 0 Å². The van der Waals surface area contributed by atoms with E-state index in [1.165, 1.54) is 12.1 Å². The summed E-state index contributed by atoms with van der Waals surface area (Å²) in [6, 6.07) is 9.02. The third kappa shape index (κ3) is 4.40. The number of fused-ring (bicyclic) bond motifs is 1. The summed E-state index contributed by atoms with van der Waals surface area (Å²) in [5.41, 5.74) is 0.229. The molecule has 2 N–H and O–H groups in total. The number of nitrogens with one attached hydrogen (secondary N) is 2. The number of carbonyl (C=O) groups is 1. The molecule has 0 saturated heterocycles. The van der Waals surface area contributed by atoms with E-state index in [2.05, 4.69) is 26.6 Å². The molecule has 1 heterocycles. The molecule has 138 valence electrons. The highest BCUT2D eigenvalue weighted by molar-refractivity contribution is 9.10. The third-order valence-electron chi connectivity index (χ3n) is 3.65.